The average molecular weight is 186 g/mol. The molecule has 0 atom stereocenters. The van der Waals surface area contributed by atoms with Gasteiger partial charge in [0.1, 0.15) is 0 Å². The molecule has 0 amide bonds. The third-order valence-electron chi connectivity index (χ3n) is 1.23. The summed E-state index contributed by atoms with van der Waals surface area (Å²) < 4.78 is 0.907. The zero-order chi connectivity index (χ0) is 6.85. The van der Waals surface area contributed by atoms with Gasteiger partial charge in [0, 0.05) is 10.7 Å². The molecule has 0 aliphatic carbocycles. The Morgan fingerprint density at radius 3 is 2.67 bits per heavy atom. The Hall–Kier alpha value is -0.500. The van der Waals surface area contributed by atoms with Crippen LogP contribution in [0.1, 0.15) is 11.3 Å². The van der Waals surface area contributed by atoms with Crippen LogP contribution in [0.25, 0.3) is 4.48 Å². The van der Waals surface area contributed by atoms with Crippen LogP contribution in [0.3, 0.4) is 0 Å². The predicted molar refractivity (Wildman–Crippen MR) is 43.5 cm³/mol. The molecule has 1 heterocycles. The standard InChI is InChI=1S/C7H8BrN/c1-5-3-4-9-7(5)6(2)8/h3-4,9H,2H2,1H3. The number of hydrogen-bond acceptors (Lipinski definition) is 0. The zero-order valence-corrected chi connectivity index (χ0v) is 6.83. The van der Waals surface area contributed by atoms with Gasteiger partial charge in [0.2, 0.25) is 0 Å². The summed E-state index contributed by atoms with van der Waals surface area (Å²) in [6, 6.07) is 2.02. The minimum Gasteiger partial charge on any atom is -0.361 e. The molecule has 0 saturated heterocycles. The van der Waals surface area contributed by atoms with Gasteiger partial charge in [-0.1, -0.05) is 6.58 Å². The van der Waals surface area contributed by atoms with E-state index in [2.05, 4.69) is 27.5 Å². The van der Waals surface area contributed by atoms with Crippen LogP contribution in [0.15, 0.2) is 18.8 Å². The van der Waals surface area contributed by atoms with Gasteiger partial charge in [-0.3, -0.25) is 0 Å². The molecule has 1 N–H and O–H groups in total. The molecule has 2 heteroatoms. The smallest absolute Gasteiger partial charge is 0.0548 e. The summed E-state index contributed by atoms with van der Waals surface area (Å²) in [4.78, 5) is 3.06. The highest BCUT2D eigenvalue weighted by Crippen LogP contribution is 2.19. The van der Waals surface area contributed by atoms with Gasteiger partial charge in [-0.2, -0.15) is 0 Å². The fourth-order valence-corrected chi connectivity index (χ4v) is 1.17. The molecule has 0 aliphatic rings. The average Bonchev–Trinajstić information content (AvgIpc) is 2.13. The molecule has 48 valence electrons. The van der Waals surface area contributed by atoms with E-state index in [9.17, 15) is 0 Å². The second-order valence-electron chi connectivity index (χ2n) is 1.94. The van der Waals surface area contributed by atoms with E-state index in [0.29, 0.717) is 0 Å². The summed E-state index contributed by atoms with van der Waals surface area (Å²) in [5, 5.41) is 0. The lowest BCUT2D eigenvalue weighted by Gasteiger charge is -1.92. The van der Waals surface area contributed by atoms with Gasteiger partial charge in [-0.25, -0.2) is 0 Å². The van der Waals surface area contributed by atoms with Crippen molar-refractivity contribution in [2.24, 2.45) is 0 Å². The summed E-state index contributed by atoms with van der Waals surface area (Å²) in [5.74, 6) is 0. The molecule has 9 heavy (non-hydrogen) atoms. The van der Waals surface area contributed by atoms with Crippen molar-refractivity contribution in [2.75, 3.05) is 0 Å². The molecule has 0 bridgehead atoms. The molecular formula is C7H8BrN. The van der Waals surface area contributed by atoms with E-state index >= 15 is 0 Å². The van der Waals surface area contributed by atoms with Crippen molar-refractivity contribution >= 4 is 20.4 Å². The van der Waals surface area contributed by atoms with Crippen molar-refractivity contribution < 1.29 is 0 Å². The predicted octanol–water partition coefficient (Wildman–Crippen LogP) is 2.69. The normalized spacial score (nSPS) is 9.56. The number of aromatic amines is 1. The molecule has 1 aromatic rings. The lowest BCUT2D eigenvalue weighted by atomic mass is 10.3. The zero-order valence-electron chi connectivity index (χ0n) is 5.24. The molecule has 1 nitrogen and oxygen atoms in total. The van der Waals surface area contributed by atoms with Gasteiger partial charge in [0.25, 0.3) is 0 Å². The van der Waals surface area contributed by atoms with Crippen LogP contribution in [0.5, 0.6) is 0 Å². The van der Waals surface area contributed by atoms with Crippen LogP contribution in [0.2, 0.25) is 0 Å². The van der Waals surface area contributed by atoms with Crippen molar-refractivity contribution in [3.05, 3.63) is 30.1 Å². The van der Waals surface area contributed by atoms with Crippen LogP contribution in [0.4, 0.5) is 0 Å². The van der Waals surface area contributed by atoms with Crippen LogP contribution >= 0.6 is 15.9 Å². The lowest BCUT2D eigenvalue weighted by molar-refractivity contribution is 1.34. The second kappa shape index (κ2) is 2.40. The van der Waals surface area contributed by atoms with Crippen LogP contribution < -0.4 is 0 Å². The third-order valence-corrected chi connectivity index (χ3v) is 1.62. The quantitative estimate of drug-likeness (QED) is 0.693. The fraction of sp³-hybridized carbons (Fsp3) is 0.143. The minimum atomic E-state index is 0.907. The number of rotatable bonds is 1. The van der Waals surface area contributed by atoms with Crippen molar-refractivity contribution in [3.63, 3.8) is 0 Å². The molecule has 0 aromatic carbocycles. The Balaban J connectivity index is 3.08. The number of aryl methyl sites for hydroxylation is 1. The number of H-pyrrole nitrogens is 1. The highest BCUT2D eigenvalue weighted by molar-refractivity contribution is 9.15. The Labute approximate surface area is 62.9 Å². The van der Waals surface area contributed by atoms with E-state index in [-0.39, 0.29) is 0 Å². The van der Waals surface area contributed by atoms with E-state index in [1.165, 1.54) is 5.56 Å². The first-order chi connectivity index (χ1) is 4.22. The van der Waals surface area contributed by atoms with Crippen LogP contribution in [-0.2, 0) is 0 Å². The Kier molecular flexibility index (Phi) is 1.76. The molecule has 0 fully saturated rings. The number of nitrogens with one attached hydrogen (secondary N) is 1. The van der Waals surface area contributed by atoms with Gasteiger partial charge in [0.15, 0.2) is 0 Å². The summed E-state index contributed by atoms with van der Waals surface area (Å²) >= 11 is 3.29. The van der Waals surface area contributed by atoms with Crippen molar-refractivity contribution in [3.8, 4) is 0 Å². The second-order valence-corrected chi connectivity index (χ2v) is 2.90. The van der Waals surface area contributed by atoms with Crippen molar-refractivity contribution in [1.29, 1.82) is 0 Å². The molecule has 1 aromatic heterocycles. The molecule has 0 unspecified atom stereocenters. The Bertz CT molecular complexity index is 225. The van der Waals surface area contributed by atoms with Gasteiger partial charge < -0.3 is 4.98 Å². The Morgan fingerprint density at radius 2 is 2.44 bits per heavy atom. The lowest BCUT2D eigenvalue weighted by Crippen LogP contribution is -1.76. The number of halogens is 1. The number of hydrogen-bond donors (Lipinski definition) is 1. The van der Waals surface area contributed by atoms with Gasteiger partial charge >= 0.3 is 0 Å². The fourth-order valence-electron chi connectivity index (χ4n) is 0.739. The van der Waals surface area contributed by atoms with Gasteiger partial charge in [-0.15, -0.1) is 0 Å². The largest absolute Gasteiger partial charge is 0.361 e. The topological polar surface area (TPSA) is 15.8 Å². The van der Waals surface area contributed by atoms with E-state index in [4.69, 9.17) is 0 Å². The summed E-state index contributed by atoms with van der Waals surface area (Å²) in [7, 11) is 0. The first-order valence-corrected chi connectivity index (χ1v) is 3.50. The van der Waals surface area contributed by atoms with Gasteiger partial charge in [0.05, 0.1) is 5.69 Å². The van der Waals surface area contributed by atoms with E-state index in [1.807, 2.05) is 19.2 Å². The van der Waals surface area contributed by atoms with E-state index in [1.54, 1.807) is 0 Å². The summed E-state index contributed by atoms with van der Waals surface area (Å²) in [5.41, 5.74) is 2.30. The third kappa shape index (κ3) is 1.24. The maximum atomic E-state index is 3.74. The molecule has 0 radical (unpaired) electrons. The van der Waals surface area contributed by atoms with E-state index in [0.717, 1.165) is 10.2 Å². The van der Waals surface area contributed by atoms with Crippen LogP contribution in [-0.4, -0.2) is 4.98 Å². The molecule has 0 spiro atoms. The SMILES string of the molecule is C=C(Br)c1[nH]ccc1C. The first-order valence-electron chi connectivity index (χ1n) is 2.70. The summed E-state index contributed by atoms with van der Waals surface area (Å²) in [6.07, 6.45) is 1.90. The molecule has 0 aliphatic heterocycles. The minimum absolute atomic E-state index is 0.907. The van der Waals surface area contributed by atoms with Crippen molar-refractivity contribution in [2.45, 2.75) is 6.92 Å². The molecule has 0 saturated carbocycles. The molecular weight excluding hydrogens is 178 g/mol. The first kappa shape index (κ1) is 6.62. The highest BCUT2D eigenvalue weighted by Gasteiger charge is 1.97. The maximum Gasteiger partial charge on any atom is 0.0548 e. The monoisotopic (exact) mass is 185 g/mol. The highest BCUT2D eigenvalue weighted by atomic mass is 79.9. The maximum absolute atomic E-state index is 3.74. The van der Waals surface area contributed by atoms with Gasteiger partial charge in [-0.05, 0) is 34.5 Å². The number of aromatic nitrogens is 1. The van der Waals surface area contributed by atoms with Crippen LogP contribution in [0, 0.1) is 6.92 Å². The van der Waals surface area contributed by atoms with E-state index < -0.39 is 0 Å². The summed E-state index contributed by atoms with van der Waals surface area (Å²) in [6.45, 7) is 5.78. The van der Waals surface area contributed by atoms with Crippen molar-refractivity contribution in [1.82, 2.24) is 4.98 Å². The molecule has 1 rings (SSSR count). The Morgan fingerprint density at radius 1 is 1.78 bits per heavy atom.